The average Bonchev–Trinajstić information content (AvgIpc) is 3.50. The van der Waals surface area contributed by atoms with Crippen molar-refractivity contribution < 1.29 is 29.4 Å². The maximum atomic E-state index is 12.3. The first kappa shape index (κ1) is 32.3. The molecule has 45 heavy (non-hydrogen) atoms. The number of aliphatic hydroxyl groups excluding tert-OH is 1. The number of benzene rings is 3. The van der Waals surface area contributed by atoms with Crippen LogP contribution >= 0.6 is 11.8 Å². The molecule has 0 saturated carbocycles. The molecule has 12 heteroatoms. The number of aromatic nitrogens is 3. The summed E-state index contributed by atoms with van der Waals surface area (Å²) < 4.78 is 14.8. The number of nitrogens with one attached hydrogen (secondary N) is 2. The zero-order valence-corrected chi connectivity index (χ0v) is 25.8. The molecule has 3 aromatic carbocycles. The number of carbonyl (C=O) groups is 2. The van der Waals surface area contributed by atoms with Gasteiger partial charge in [-0.3, -0.25) is 14.8 Å². The number of amides is 2. The largest absolute Gasteiger partial charge is 0.392 e. The molecule has 0 radical (unpaired) electrons. The van der Waals surface area contributed by atoms with Crippen LogP contribution < -0.4 is 10.8 Å². The number of carbonyl (C=O) groups excluding carboxylic acids is 2. The highest BCUT2D eigenvalue weighted by atomic mass is 32.2. The molecule has 4 N–H and O–H groups in total. The first-order valence-electron chi connectivity index (χ1n) is 14.8. The Hall–Kier alpha value is -4.07. The van der Waals surface area contributed by atoms with Gasteiger partial charge in [0, 0.05) is 44.2 Å². The number of aryl methyl sites for hydroxylation is 1. The molecule has 236 valence electrons. The predicted octanol–water partition coefficient (Wildman–Crippen LogP) is 4.60. The summed E-state index contributed by atoms with van der Waals surface area (Å²) in [5.74, 6) is 0.0119. The van der Waals surface area contributed by atoms with Gasteiger partial charge in [0.25, 0.3) is 0 Å². The maximum absolute atomic E-state index is 12.3. The molecule has 1 aliphatic heterocycles. The summed E-state index contributed by atoms with van der Waals surface area (Å²) in [5, 5.41) is 30.0. The van der Waals surface area contributed by atoms with Crippen molar-refractivity contribution in [3.05, 3.63) is 101 Å². The Morgan fingerprint density at radius 2 is 1.71 bits per heavy atom. The Morgan fingerprint density at radius 1 is 0.978 bits per heavy atom. The van der Waals surface area contributed by atoms with Crippen LogP contribution in [0.15, 0.2) is 84.3 Å². The first-order valence-corrected chi connectivity index (χ1v) is 15.8. The van der Waals surface area contributed by atoms with Crippen molar-refractivity contribution in [2.45, 2.75) is 62.5 Å². The number of nitrogens with zero attached hydrogens (tertiary/aromatic N) is 3. The summed E-state index contributed by atoms with van der Waals surface area (Å²) in [6.45, 7) is 0.335. The molecule has 1 saturated heterocycles. The van der Waals surface area contributed by atoms with Gasteiger partial charge in [-0.25, -0.2) is 5.48 Å². The number of thioether (sulfide) groups is 1. The summed E-state index contributed by atoms with van der Waals surface area (Å²) in [4.78, 5) is 23.5. The van der Waals surface area contributed by atoms with Gasteiger partial charge >= 0.3 is 0 Å². The van der Waals surface area contributed by atoms with Gasteiger partial charge in [-0.1, -0.05) is 84.6 Å². The zero-order valence-electron chi connectivity index (χ0n) is 25.0. The van der Waals surface area contributed by atoms with Crippen LogP contribution in [0.4, 0.5) is 0 Å². The van der Waals surface area contributed by atoms with E-state index in [9.17, 15) is 14.7 Å². The summed E-state index contributed by atoms with van der Waals surface area (Å²) in [7, 11) is 1.91. The van der Waals surface area contributed by atoms with Gasteiger partial charge < -0.3 is 24.5 Å². The summed E-state index contributed by atoms with van der Waals surface area (Å²) >= 11 is 1.59. The number of aliphatic hydroxyl groups is 1. The molecular formula is C33H37N5O6S. The van der Waals surface area contributed by atoms with Crippen molar-refractivity contribution in [2.24, 2.45) is 7.05 Å². The lowest BCUT2D eigenvalue weighted by Crippen LogP contribution is -2.31. The van der Waals surface area contributed by atoms with E-state index in [1.54, 1.807) is 23.6 Å². The molecule has 5 rings (SSSR count). The molecule has 1 aliphatic rings. The van der Waals surface area contributed by atoms with E-state index in [1.165, 1.54) is 0 Å². The Labute approximate surface area is 265 Å². The van der Waals surface area contributed by atoms with Crippen molar-refractivity contribution in [1.82, 2.24) is 25.6 Å². The Balaban J connectivity index is 1.28. The van der Waals surface area contributed by atoms with Crippen molar-refractivity contribution in [3.63, 3.8) is 0 Å². The second-order valence-corrected chi connectivity index (χ2v) is 11.8. The third-order valence-corrected chi connectivity index (χ3v) is 8.77. The summed E-state index contributed by atoms with van der Waals surface area (Å²) in [6.07, 6.45) is 2.10. The average molecular weight is 632 g/mol. The van der Waals surface area contributed by atoms with E-state index < -0.39 is 12.2 Å². The van der Waals surface area contributed by atoms with Crippen LogP contribution in [0.1, 0.15) is 60.3 Å². The Kier molecular flexibility index (Phi) is 11.3. The van der Waals surface area contributed by atoms with Crippen LogP contribution in [0.2, 0.25) is 0 Å². The van der Waals surface area contributed by atoms with E-state index >= 15 is 0 Å². The third kappa shape index (κ3) is 8.77. The molecule has 2 amide bonds. The predicted molar refractivity (Wildman–Crippen MR) is 168 cm³/mol. The molecule has 1 aromatic heterocycles. The number of hydrogen-bond acceptors (Lipinski definition) is 9. The van der Waals surface area contributed by atoms with Crippen LogP contribution in [0.25, 0.3) is 11.1 Å². The Bertz CT molecular complexity index is 1560. The van der Waals surface area contributed by atoms with E-state index in [0.29, 0.717) is 25.1 Å². The minimum Gasteiger partial charge on any atom is -0.392 e. The molecule has 0 spiro atoms. The lowest BCUT2D eigenvalue weighted by atomic mass is 9.97. The van der Waals surface area contributed by atoms with Crippen molar-refractivity contribution in [1.29, 1.82) is 0 Å². The van der Waals surface area contributed by atoms with Crippen molar-refractivity contribution in [3.8, 4) is 11.1 Å². The van der Waals surface area contributed by atoms with Crippen LogP contribution in [0, 0.1) is 0 Å². The SMILES string of the molecule is Cn1cnnc1SC[C@@H]1C[C@H](c2ccc(CO)cc2)O[C@H](c2ccc(-c3ccccc3CNC(=O)CCCC(=O)NO)cc2)O1. The van der Waals surface area contributed by atoms with E-state index in [4.69, 9.17) is 14.7 Å². The standard InChI is InChI=1S/C33H37N5O6S/c1-38-21-35-36-33(38)45-20-27-17-29(24-11-9-22(19-39)10-12-24)44-32(43-27)25-15-13-23(14-16-25)28-6-3-2-5-26(28)18-34-30(40)7-4-8-31(41)37-42/h2-3,5-6,9-16,21,27,29,32,39,42H,4,7-8,17-20H2,1H3,(H,34,40)(H,37,41)/t27-,29+,32+/m0/s1. The summed E-state index contributed by atoms with van der Waals surface area (Å²) in [6, 6.07) is 23.8. The molecule has 1 fully saturated rings. The fourth-order valence-corrected chi connectivity index (χ4v) is 6.02. The van der Waals surface area contributed by atoms with Gasteiger partial charge in [-0.05, 0) is 34.2 Å². The second-order valence-electron chi connectivity index (χ2n) is 10.8. The molecule has 0 aliphatic carbocycles. The van der Waals surface area contributed by atoms with Crippen LogP contribution in [0.3, 0.4) is 0 Å². The number of ether oxygens (including phenoxy) is 2. The van der Waals surface area contributed by atoms with E-state index in [-0.39, 0.29) is 37.6 Å². The van der Waals surface area contributed by atoms with Gasteiger partial charge in [0.1, 0.15) is 6.33 Å². The minimum absolute atomic E-state index is 0.0120. The lowest BCUT2D eigenvalue weighted by molar-refractivity contribution is -0.245. The fourth-order valence-electron chi connectivity index (χ4n) is 5.12. The number of rotatable bonds is 13. The van der Waals surface area contributed by atoms with Gasteiger partial charge in [0.15, 0.2) is 11.4 Å². The van der Waals surface area contributed by atoms with Crippen molar-refractivity contribution >= 4 is 23.6 Å². The van der Waals surface area contributed by atoms with Crippen molar-refractivity contribution in [2.75, 3.05) is 5.75 Å². The quantitative estimate of drug-likeness (QED) is 0.0944. The normalized spacial score (nSPS) is 18.0. The highest BCUT2D eigenvalue weighted by Gasteiger charge is 2.32. The smallest absolute Gasteiger partial charge is 0.243 e. The highest BCUT2D eigenvalue weighted by molar-refractivity contribution is 7.99. The van der Waals surface area contributed by atoms with Crippen LogP contribution in [-0.2, 0) is 39.3 Å². The van der Waals surface area contributed by atoms with E-state index in [1.807, 2.05) is 84.4 Å². The molecule has 0 unspecified atom stereocenters. The maximum Gasteiger partial charge on any atom is 0.243 e. The van der Waals surface area contributed by atoms with Crippen LogP contribution in [-0.4, -0.2) is 48.7 Å². The van der Waals surface area contributed by atoms with E-state index in [2.05, 4.69) is 15.5 Å². The van der Waals surface area contributed by atoms with E-state index in [0.717, 1.165) is 38.5 Å². The lowest BCUT2D eigenvalue weighted by Gasteiger charge is -2.36. The molecule has 4 aromatic rings. The molecule has 11 nitrogen and oxygen atoms in total. The number of hydroxylamine groups is 1. The monoisotopic (exact) mass is 631 g/mol. The second kappa shape index (κ2) is 15.8. The third-order valence-electron chi connectivity index (χ3n) is 7.60. The summed E-state index contributed by atoms with van der Waals surface area (Å²) in [5.41, 5.74) is 7.29. The topological polar surface area (TPSA) is 148 Å². The van der Waals surface area contributed by atoms with Gasteiger partial charge in [-0.15, -0.1) is 10.2 Å². The van der Waals surface area contributed by atoms with Gasteiger partial charge in [0.2, 0.25) is 11.8 Å². The van der Waals surface area contributed by atoms with Gasteiger partial charge in [0.05, 0.1) is 18.8 Å². The molecule has 2 heterocycles. The first-order chi connectivity index (χ1) is 21.9. The minimum atomic E-state index is -0.581. The number of hydrogen-bond donors (Lipinski definition) is 4. The fraction of sp³-hybridized carbons (Fsp3) is 0.333. The highest BCUT2D eigenvalue weighted by Crippen LogP contribution is 2.39. The zero-order chi connectivity index (χ0) is 31.6. The van der Waals surface area contributed by atoms with Crippen LogP contribution in [0.5, 0.6) is 0 Å². The molecular weight excluding hydrogens is 594 g/mol. The molecule has 3 atom stereocenters. The molecule has 0 bridgehead atoms. The van der Waals surface area contributed by atoms with Gasteiger partial charge in [-0.2, -0.15) is 0 Å². The Morgan fingerprint density at radius 3 is 2.42 bits per heavy atom.